The average Bonchev–Trinajstić information content (AvgIpc) is 2.93. The number of hydrogen-bond donors (Lipinski definition) is 1. The molecule has 0 spiro atoms. The number of aryl methyl sites for hydroxylation is 2. The minimum atomic E-state index is -1.89. The Balaban J connectivity index is 2.25. The molecule has 2 rings (SSSR count). The average molecular weight is 623 g/mol. The third kappa shape index (κ3) is 11.0. The van der Waals surface area contributed by atoms with E-state index in [1.807, 2.05) is 26.0 Å². The maximum Gasteiger partial charge on any atom is 0.192 e. The Hall–Kier alpha value is -1.77. The van der Waals surface area contributed by atoms with E-state index in [2.05, 4.69) is 123 Å². The van der Waals surface area contributed by atoms with E-state index in [4.69, 9.17) is 8.85 Å². The maximum absolute atomic E-state index is 10.6. The van der Waals surface area contributed by atoms with E-state index in [9.17, 15) is 5.11 Å². The largest absolute Gasteiger partial charge is 0.413 e. The third-order valence-electron chi connectivity index (χ3n) is 10.1. The normalized spacial score (nSPS) is 14.1. The second kappa shape index (κ2) is 15.0. The molecule has 0 aliphatic carbocycles. The molecule has 3 nitrogen and oxygen atoms in total. The molecule has 0 aliphatic heterocycles. The molecule has 0 aromatic heterocycles. The van der Waals surface area contributed by atoms with Gasteiger partial charge in [0, 0.05) is 0 Å². The highest BCUT2D eigenvalue weighted by atomic mass is 28.4. The van der Waals surface area contributed by atoms with Gasteiger partial charge in [-0.1, -0.05) is 116 Å². The van der Waals surface area contributed by atoms with E-state index < -0.39 is 22.2 Å². The van der Waals surface area contributed by atoms with Crippen LogP contribution in [0.15, 0.2) is 60.7 Å². The van der Waals surface area contributed by atoms with Crippen LogP contribution in [0.4, 0.5) is 0 Å². The summed E-state index contributed by atoms with van der Waals surface area (Å²) in [6.45, 7) is 30.6. The van der Waals surface area contributed by atoms with Gasteiger partial charge < -0.3 is 14.0 Å². The van der Waals surface area contributed by atoms with Gasteiger partial charge in [-0.25, -0.2) is 0 Å². The van der Waals surface area contributed by atoms with Gasteiger partial charge >= 0.3 is 0 Å². The maximum atomic E-state index is 10.6. The fourth-order valence-corrected chi connectivity index (χ4v) is 6.17. The highest BCUT2D eigenvalue weighted by Gasteiger charge is 2.38. The first-order valence-corrected chi connectivity index (χ1v) is 22.1. The summed E-state index contributed by atoms with van der Waals surface area (Å²) in [6.07, 6.45) is 9.42. The molecule has 1 N–H and O–H groups in total. The Morgan fingerprint density at radius 2 is 1.26 bits per heavy atom. The molecule has 0 atom stereocenters. The fraction of sp³-hybridized carbons (Fsp3) is 0.579. The van der Waals surface area contributed by atoms with E-state index in [-0.39, 0.29) is 10.1 Å². The zero-order valence-corrected chi connectivity index (χ0v) is 31.8. The quantitative estimate of drug-likeness (QED) is 0.168. The van der Waals surface area contributed by atoms with Gasteiger partial charge in [0.15, 0.2) is 16.6 Å². The Labute approximate surface area is 267 Å². The molecule has 0 saturated heterocycles. The van der Waals surface area contributed by atoms with E-state index in [0.29, 0.717) is 13.2 Å². The molecule has 0 radical (unpaired) electrons. The molecular formula is C38H62O3Si2. The van der Waals surface area contributed by atoms with Crippen molar-refractivity contribution in [2.24, 2.45) is 0 Å². The molecule has 0 unspecified atom stereocenters. The van der Waals surface area contributed by atoms with Crippen LogP contribution in [0.25, 0.3) is 5.57 Å². The smallest absolute Gasteiger partial charge is 0.192 e. The van der Waals surface area contributed by atoms with Gasteiger partial charge in [-0.15, -0.1) is 0 Å². The van der Waals surface area contributed by atoms with Crippen molar-refractivity contribution in [2.75, 3.05) is 0 Å². The van der Waals surface area contributed by atoms with Crippen LogP contribution in [0.5, 0.6) is 0 Å². The van der Waals surface area contributed by atoms with Gasteiger partial charge in [0.25, 0.3) is 0 Å². The molecule has 0 fully saturated rings. The molecule has 2 aromatic rings. The zero-order chi connectivity index (χ0) is 32.7. The van der Waals surface area contributed by atoms with Gasteiger partial charge in [0.2, 0.25) is 0 Å². The van der Waals surface area contributed by atoms with Crippen LogP contribution >= 0.6 is 0 Å². The first-order chi connectivity index (χ1) is 19.7. The van der Waals surface area contributed by atoms with Crippen LogP contribution in [-0.4, -0.2) is 27.3 Å². The summed E-state index contributed by atoms with van der Waals surface area (Å²) < 4.78 is 13.4. The van der Waals surface area contributed by atoms with Crippen molar-refractivity contribution in [1.82, 2.24) is 0 Å². The summed E-state index contributed by atoms with van der Waals surface area (Å²) in [6, 6.07) is 15.8. The van der Waals surface area contributed by atoms with Gasteiger partial charge in [-0.3, -0.25) is 0 Å². The third-order valence-corrected chi connectivity index (χ3v) is 19.1. The van der Waals surface area contributed by atoms with E-state index >= 15 is 0 Å². The predicted molar refractivity (Wildman–Crippen MR) is 193 cm³/mol. The number of allylic oxidation sites excluding steroid dienone is 3. The topological polar surface area (TPSA) is 38.7 Å². The van der Waals surface area contributed by atoms with Crippen LogP contribution in [0.1, 0.15) is 103 Å². The minimum absolute atomic E-state index is 0.170. The standard InChI is InChI=1S/C38H62O3Si2/c1-14-38(39,15-2)25-17-18-30(3)33-20-16-19-31(26-33)21-22-32-23-24-34(28-40-42(10,11)36(4,5)6)35(27-32)29-41-43(12,13)37(7,8)9/h16-20,23-27,39H,14-15,21-22,28-29H2,1-13H3/b25-17+,30-18-. The summed E-state index contributed by atoms with van der Waals surface area (Å²) in [7, 11) is -3.75. The summed E-state index contributed by atoms with van der Waals surface area (Å²) in [5.74, 6) is 0. The van der Waals surface area contributed by atoms with Crippen molar-refractivity contribution in [1.29, 1.82) is 0 Å². The second-order valence-corrected chi connectivity index (χ2v) is 25.0. The van der Waals surface area contributed by atoms with Crippen molar-refractivity contribution < 1.29 is 14.0 Å². The van der Waals surface area contributed by atoms with E-state index in [1.54, 1.807) is 0 Å². The Bertz CT molecular complexity index is 1240. The molecule has 0 heterocycles. The van der Waals surface area contributed by atoms with E-state index in [0.717, 1.165) is 25.7 Å². The first-order valence-electron chi connectivity index (χ1n) is 16.3. The minimum Gasteiger partial charge on any atom is -0.413 e. The SMILES string of the molecule is CCC(O)(/C=C/C=C(/C)c1cccc(CCc2ccc(CO[Si](C)(C)C(C)(C)C)c(CO[Si](C)(C)C(C)(C)C)c2)c1)CC. The van der Waals surface area contributed by atoms with Gasteiger partial charge in [-0.2, -0.15) is 0 Å². The Morgan fingerprint density at radius 3 is 1.77 bits per heavy atom. The predicted octanol–water partition coefficient (Wildman–Crippen LogP) is 11.0. The van der Waals surface area contributed by atoms with Crippen LogP contribution in [0.2, 0.25) is 36.3 Å². The molecule has 0 bridgehead atoms. The van der Waals surface area contributed by atoms with Crippen LogP contribution in [0.3, 0.4) is 0 Å². The molecule has 5 heteroatoms. The Morgan fingerprint density at radius 1 is 0.744 bits per heavy atom. The van der Waals surface area contributed by atoms with Crippen molar-refractivity contribution in [3.05, 3.63) is 88.5 Å². The summed E-state index contributed by atoms with van der Waals surface area (Å²) in [4.78, 5) is 0. The molecule has 2 aromatic carbocycles. The van der Waals surface area contributed by atoms with Crippen molar-refractivity contribution in [2.45, 2.75) is 143 Å². The van der Waals surface area contributed by atoms with E-state index in [1.165, 1.54) is 33.4 Å². The molecule has 0 aliphatic rings. The molecule has 43 heavy (non-hydrogen) atoms. The first kappa shape index (κ1) is 37.4. The van der Waals surface area contributed by atoms with Crippen LogP contribution < -0.4 is 0 Å². The molecule has 0 saturated carbocycles. The van der Waals surface area contributed by atoms with Crippen molar-refractivity contribution in [3.8, 4) is 0 Å². The second-order valence-electron chi connectivity index (χ2n) is 15.4. The monoisotopic (exact) mass is 622 g/mol. The zero-order valence-electron chi connectivity index (χ0n) is 29.8. The number of aliphatic hydroxyl groups is 1. The molecule has 0 amide bonds. The Kier molecular flexibility index (Phi) is 13.1. The molecule has 240 valence electrons. The van der Waals surface area contributed by atoms with Crippen molar-refractivity contribution in [3.63, 3.8) is 0 Å². The van der Waals surface area contributed by atoms with Gasteiger partial charge in [-0.05, 0) is 102 Å². The lowest BCUT2D eigenvalue weighted by Crippen LogP contribution is -2.41. The fourth-order valence-electron chi connectivity index (χ4n) is 4.27. The number of hydrogen-bond acceptors (Lipinski definition) is 3. The summed E-state index contributed by atoms with van der Waals surface area (Å²) >= 11 is 0. The lowest BCUT2D eigenvalue weighted by Gasteiger charge is -2.37. The number of rotatable bonds is 14. The summed E-state index contributed by atoms with van der Waals surface area (Å²) in [5, 5.41) is 10.9. The van der Waals surface area contributed by atoms with Crippen LogP contribution in [-0.2, 0) is 34.9 Å². The lowest BCUT2D eigenvalue weighted by molar-refractivity contribution is 0.0828. The summed E-state index contributed by atoms with van der Waals surface area (Å²) in [5.41, 5.74) is 6.88. The van der Waals surface area contributed by atoms with Crippen molar-refractivity contribution >= 4 is 22.2 Å². The highest BCUT2D eigenvalue weighted by Crippen LogP contribution is 2.39. The van der Waals surface area contributed by atoms with Crippen LogP contribution in [0, 0.1) is 0 Å². The molecular weight excluding hydrogens is 561 g/mol. The number of benzene rings is 2. The van der Waals surface area contributed by atoms with Gasteiger partial charge in [0.1, 0.15) is 0 Å². The van der Waals surface area contributed by atoms with Gasteiger partial charge in [0.05, 0.1) is 18.8 Å². The lowest BCUT2D eigenvalue weighted by atomic mass is 9.96. The highest BCUT2D eigenvalue weighted by molar-refractivity contribution is 6.74.